The summed E-state index contributed by atoms with van der Waals surface area (Å²) in [6.45, 7) is 7.07. The number of hydrogen-bond donors (Lipinski definition) is 1. The first-order chi connectivity index (χ1) is 13.3. The summed E-state index contributed by atoms with van der Waals surface area (Å²) in [5.74, 6) is 0.830. The van der Waals surface area contributed by atoms with E-state index in [-0.39, 0.29) is 5.41 Å². The Hall–Kier alpha value is -1.07. The second-order valence-corrected chi connectivity index (χ2v) is 10.9. The van der Waals surface area contributed by atoms with Crippen molar-refractivity contribution in [2.75, 3.05) is 24.1 Å². The molecule has 1 heterocycles. The number of piperidine rings is 1. The Balaban J connectivity index is 1.72. The van der Waals surface area contributed by atoms with E-state index in [1.54, 1.807) is 0 Å². The van der Waals surface area contributed by atoms with Crippen LogP contribution in [0.15, 0.2) is 24.3 Å². The molecule has 1 aliphatic carbocycles. The number of benzene rings is 1. The van der Waals surface area contributed by atoms with E-state index in [0.717, 1.165) is 5.92 Å². The van der Waals surface area contributed by atoms with Gasteiger partial charge in [-0.2, -0.15) is 0 Å². The lowest BCUT2D eigenvalue weighted by Gasteiger charge is -2.51. The van der Waals surface area contributed by atoms with Crippen LogP contribution in [-0.4, -0.2) is 38.7 Å². The van der Waals surface area contributed by atoms with Crippen molar-refractivity contribution in [2.24, 2.45) is 5.92 Å². The summed E-state index contributed by atoms with van der Waals surface area (Å²) in [6.07, 6.45) is 12.7. The van der Waals surface area contributed by atoms with Gasteiger partial charge in [-0.05, 0) is 67.7 Å². The van der Waals surface area contributed by atoms with Crippen molar-refractivity contribution in [1.29, 1.82) is 0 Å². The van der Waals surface area contributed by atoms with Crippen molar-refractivity contribution in [2.45, 2.75) is 83.1 Å². The number of sulfonamides is 1. The van der Waals surface area contributed by atoms with Crippen LogP contribution in [0, 0.1) is 5.92 Å². The molecule has 2 fully saturated rings. The van der Waals surface area contributed by atoms with Crippen molar-refractivity contribution in [1.82, 2.24) is 4.90 Å². The Labute approximate surface area is 172 Å². The van der Waals surface area contributed by atoms with Gasteiger partial charge in [-0.15, -0.1) is 0 Å². The van der Waals surface area contributed by atoms with Gasteiger partial charge < -0.3 is 4.90 Å². The van der Waals surface area contributed by atoms with Crippen LogP contribution in [-0.2, 0) is 15.4 Å². The maximum Gasteiger partial charge on any atom is 0.229 e. The number of nitrogens with one attached hydrogen (secondary N) is 1. The van der Waals surface area contributed by atoms with E-state index >= 15 is 0 Å². The average molecular weight is 407 g/mol. The fourth-order valence-corrected chi connectivity index (χ4v) is 5.99. The Kier molecular flexibility index (Phi) is 7.08. The molecular weight excluding hydrogens is 368 g/mol. The molecule has 1 N–H and O–H groups in total. The molecule has 1 saturated heterocycles. The van der Waals surface area contributed by atoms with Crippen LogP contribution in [0.2, 0.25) is 0 Å². The van der Waals surface area contributed by atoms with E-state index in [9.17, 15) is 8.42 Å². The van der Waals surface area contributed by atoms with Gasteiger partial charge in [0.25, 0.3) is 0 Å². The molecule has 0 amide bonds. The van der Waals surface area contributed by atoms with Gasteiger partial charge in [-0.25, -0.2) is 8.42 Å². The smallest absolute Gasteiger partial charge is 0.229 e. The van der Waals surface area contributed by atoms with Gasteiger partial charge in [-0.3, -0.25) is 4.72 Å². The SMILES string of the molecule is CCCCC(CC)CN1CCC2(c3cccc(NS(C)(=O)=O)c3)CCCC1C2. The van der Waals surface area contributed by atoms with E-state index in [0.29, 0.717) is 11.7 Å². The highest BCUT2D eigenvalue weighted by molar-refractivity contribution is 7.92. The zero-order valence-corrected chi connectivity index (χ0v) is 18.7. The molecule has 0 spiro atoms. The Morgan fingerprint density at radius 2 is 2.11 bits per heavy atom. The van der Waals surface area contributed by atoms with E-state index in [4.69, 9.17) is 0 Å². The lowest BCUT2D eigenvalue weighted by Crippen LogP contribution is -2.52. The molecule has 1 saturated carbocycles. The van der Waals surface area contributed by atoms with E-state index in [1.165, 1.54) is 82.7 Å². The first kappa shape index (κ1) is 21.6. The maximum atomic E-state index is 11.6. The molecule has 0 aromatic heterocycles. The molecule has 5 heteroatoms. The third-order valence-electron chi connectivity index (χ3n) is 7.03. The highest BCUT2D eigenvalue weighted by Crippen LogP contribution is 2.47. The number of fused-ring (bicyclic) bond motifs is 2. The number of likely N-dealkylation sites (tertiary alicyclic amines) is 1. The zero-order valence-electron chi connectivity index (χ0n) is 17.9. The molecule has 4 nitrogen and oxygen atoms in total. The summed E-state index contributed by atoms with van der Waals surface area (Å²) in [6, 6.07) is 8.84. The second-order valence-electron chi connectivity index (χ2n) is 9.15. The predicted octanol–water partition coefficient (Wildman–Crippen LogP) is 5.16. The minimum atomic E-state index is -3.24. The first-order valence-corrected chi connectivity index (χ1v) is 13.1. The summed E-state index contributed by atoms with van der Waals surface area (Å²) in [7, 11) is -3.24. The average Bonchev–Trinajstić information content (AvgIpc) is 2.66. The predicted molar refractivity (Wildman–Crippen MR) is 118 cm³/mol. The third-order valence-corrected chi connectivity index (χ3v) is 7.63. The van der Waals surface area contributed by atoms with Gasteiger partial charge in [0, 0.05) is 18.3 Å². The van der Waals surface area contributed by atoms with Crippen molar-refractivity contribution in [3.05, 3.63) is 29.8 Å². The number of unbranched alkanes of at least 4 members (excludes halogenated alkanes) is 1. The summed E-state index contributed by atoms with van der Waals surface area (Å²) in [4.78, 5) is 2.78. The van der Waals surface area contributed by atoms with Crippen molar-refractivity contribution in [3.8, 4) is 0 Å². The highest BCUT2D eigenvalue weighted by atomic mass is 32.2. The van der Waals surface area contributed by atoms with E-state index in [1.807, 2.05) is 12.1 Å². The summed E-state index contributed by atoms with van der Waals surface area (Å²) >= 11 is 0. The molecule has 0 radical (unpaired) electrons. The van der Waals surface area contributed by atoms with E-state index < -0.39 is 10.0 Å². The Morgan fingerprint density at radius 1 is 1.29 bits per heavy atom. The highest BCUT2D eigenvalue weighted by Gasteiger charge is 2.43. The molecule has 2 aliphatic rings. The quantitative estimate of drug-likeness (QED) is 0.616. The minimum Gasteiger partial charge on any atom is -0.300 e. The van der Waals surface area contributed by atoms with Gasteiger partial charge in [-0.1, -0.05) is 51.7 Å². The topological polar surface area (TPSA) is 49.4 Å². The summed E-state index contributed by atoms with van der Waals surface area (Å²) in [5.41, 5.74) is 2.24. The molecule has 3 rings (SSSR count). The van der Waals surface area contributed by atoms with Gasteiger partial charge in [0.15, 0.2) is 0 Å². The van der Waals surface area contributed by atoms with Gasteiger partial charge in [0.2, 0.25) is 10.0 Å². The lowest BCUT2D eigenvalue weighted by molar-refractivity contribution is 0.0384. The molecule has 3 atom stereocenters. The van der Waals surface area contributed by atoms with Crippen LogP contribution >= 0.6 is 0 Å². The van der Waals surface area contributed by atoms with Gasteiger partial charge >= 0.3 is 0 Å². The van der Waals surface area contributed by atoms with Crippen molar-refractivity contribution in [3.63, 3.8) is 0 Å². The fraction of sp³-hybridized carbons (Fsp3) is 0.739. The normalized spacial score (nSPS) is 26.8. The molecule has 28 heavy (non-hydrogen) atoms. The number of rotatable bonds is 9. The molecule has 1 aromatic carbocycles. The third kappa shape index (κ3) is 5.29. The monoisotopic (exact) mass is 406 g/mol. The van der Waals surface area contributed by atoms with Crippen LogP contribution in [0.4, 0.5) is 5.69 Å². The molecule has 2 bridgehead atoms. The standard InChI is InChI=1S/C23H38N2O2S/c1-4-6-9-19(5-2)18-25-15-14-23(13-8-12-22(25)17-23)20-10-7-11-21(16-20)24-28(3,26)27/h7,10-11,16,19,22,24H,4-6,8-9,12-15,17-18H2,1-3H3. The van der Waals surface area contributed by atoms with Crippen LogP contribution < -0.4 is 4.72 Å². The second kappa shape index (κ2) is 9.17. The lowest BCUT2D eigenvalue weighted by atomic mass is 9.63. The minimum absolute atomic E-state index is 0.222. The van der Waals surface area contributed by atoms with Gasteiger partial charge in [0.1, 0.15) is 0 Å². The molecular formula is C23H38N2O2S. The van der Waals surface area contributed by atoms with E-state index in [2.05, 4.69) is 35.6 Å². The number of anilines is 1. The molecule has 158 valence electrons. The summed E-state index contributed by atoms with van der Waals surface area (Å²) in [5, 5.41) is 0. The van der Waals surface area contributed by atoms with Crippen LogP contribution in [0.3, 0.4) is 0 Å². The number of hydrogen-bond acceptors (Lipinski definition) is 3. The van der Waals surface area contributed by atoms with Crippen LogP contribution in [0.25, 0.3) is 0 Å². The maximum absolute atomic E-state index is 11.6. The van der Waals surface area contributed by atoms with Crippen molar-refractivity contribution < 1.29 is 8.42 Å². The molecule has 3 unspecified atom stereocenters. The summed E-state index contributed by atoms with van der Waals surface area (Å²) < 4.78 is 25.9. The number of nitrogens with zero attached hydrogens (tertiary/aromatic N) is 1. The Morgan fingerprint density at radius 3 is 2.82 bits per heavy atom. The van der Waals surface area contributed by atoms with Crippen molar-refractivity contribution >= 4 is 15.7 Å². The van der Waals surface area contributed by atoms with Crippen LogP contribution in [0.1, 0.15) is 77.2 Å². The molecule has 1 aliphatic heterocycles. The van der Waals surface area contributed by atoms with Crippen LogP contribution in [0.5, 0.6) is 0 Å². The first-order valence-electron chi connectivity index (χ1n) is 11.2. The fourth-order valence-electron chi connectivity index (χ4n) is 5.43. The molecule has 1 aromatic rings. The zero-order chi connectivity index (χ0) is 20.2. The largest absolute Gasteiger partial charge is 0.300 e. The Bertz CT molecular complexity index is 749. The van der Waals surface area contributed by atoms with Gasteiger partial charge in [0.05, 0.1) is 6.26 Å².